The molecule has 136 valence electrons. The normalized spacial score (nSPS) is 27.2. The van der Waals surface area contributed by atoms with Gasteiger partial charge in [-0.05, 0) is 61.6 Å². The summed E-state index contributed by atoms with van der Waals surface area (Å²) in [5.41, 5.74) is 6.01. The number of hydrogen-bond donors (Lipinski definition) is 2. The van der Waals surface area contributed by atoms with Gasteiger partial charge >= 0.3 is 0 Å². The Kier molecular flexibility index (Phi) is 5.30. The van der Waals surface area contributed by atoms with Gasteiger partial charge in [-0.3, -0.25) is 9.59 Å². The fraction of sp³-hybridized carbons (Fsp3) is 0.600. The number of nitrogens with one attached hydrogen (secondary N) is 1. The highest BCUT2D eigenvalue weighted by molar-refractivity contribution is 5.84. The number of carbonyl (C=O) groups is 2. The number of nitrogens with two attached hydrogens (primary N) is 1. The molecule has 0 aliphatic heterocycles. The molecule has 2 saturated carbocycles. The predicted octanol–water partition coefficient (Wildman–Crippen LogP) is 2.43. The molecule has 0 heterocycles. The molecule has 0 radical (unpaired) electrons. The molecule has 0 saturated heterocycles. The summed E-state index contributed by atoms with van der Waals surface area (Å²) in [4.78, 5) is 24.0. The van der Waals surface area contributed by atoms with Crippen LogP contribution in [0.15, 0.2) is 24.3 Å². The third-order valence-electron chi connectivity index (χ3n) is 5.97. The minimum Gasteiger partial charge on any atom is -0.497 e. The van der Waals surface area contributed by atoms with Crippen LogP contribution in [-0.4, -0.2) is 25.5 Å². The van der Waals surface area contributed by atoms with E-state index in [0.29, 0.717) is 31.2 Å². The smallest absolute Gasteiger partial charge is 0.226 e. The van der Waals surface area contributed by atoms with E-state index in [4.69, 9.17) is 10.5 Å². The molecular weight excluding hydrogens is 316 g/mol. The molecule has 0 unspecified atom stereocenters. The Morgan fingerprint density at radius 3 is 2.84 bits per heavy atom. The van der Waals surface area contributed by atoms with E-state index in [1.807, 2.05) is 18.2 Å². The Bertz CT molecular complexity index is 646. The standard InChI is InChI=1S/C20H28N2O3/c1-25-17-5-2-4-14(11-17)12-20(13-15-7-8-16(20)10-15)19(24)22-9-3-6-18(21)23/h2,4-5,11,15-16H,3,6-10,12-13H2,1H3,(H2,21,23)(H,22,24)/t15-,16-,20-/m0/s1. The molecule has 1 aromatic carbocycles. The summed E-state index contributed by atoms with van der Waals surface area (Å²) in [6.45, 7) is 0.513. The second kappa shape index (κ2) is 7.46. The van der Waals surface area contributed by atoms with Crippen molar-refractivity contribution in [2.45, 2.75) is 44.9 Å². The van der Waals surface area contributed by atoms with Crippen molar-refractivity contribution in [3.63, 3.8) is 0 Å². The number of fused-ring (bicyclic) bond motifs is 2. The Balaban J connectivity index is 1.72. The highest BCUT2D eigenvalue weighted by Crippen LogP contribution is 2.57. The van der Waals surface area contributed by atoms with E-state index >= 15 is 0 Å². The lowest BCUT2D eigenvalue weighted by Gasteiger charge is -2.36. The third kappa shape index (κ3) is 3.80. The van der Waals surface area contributed by atoms with Crippen LogP contribution < -0.4 is 15.8 Å². The number of rotatable bonds is 8. The van der Waals surface area contributed by atoms with E-state index in [9.17, 15) is 9.59 Å². The number of amides is 2. The van der Waals surface area contributed by atoms with Crippen molar-refractivity contribution >= 4 is 11.8 Å². The van der Waals surface area contributed by atoms with Gasteiger partial charge in [-0.2, -0.15) is 0 Å². The lowest BCUT2D eigenvalue weighted by molar-refractivity contribution is -0.134. The summed E-state index contributed by atoms with van der Waals surface area (Å²) in [5.74, 6) is 1.79. The molecule has 5 heteroatoms. The number of benzene rings is 1. The first-order chi connectivity index (χ1) is 12.0. The Morgan fingerprint density at radius 2 is 2.20 bits per heavy atom. The van der Waals surface area contributed by atoms with Crippen LogP contribution >= 0.6 is 0 Å². The van der Waals surface area contributed by atoms with Crippen LogP contribution in [0.3, 0.4) is 0 Å². The van der Waals surface area contributed by atoms with Crippen molar-refractivity contribution in [1.29, 1.82) is 0 Å². The van der Waals surface area contributed by atoms with Gasteiger partial charge < -0.3 is 15.8 Å². The van der Waals surface area contributed by atoms with Gasteiger partial charge in [-0.1, -0.05) is 18.6 Å². The van der Waals surface area contributed by atoms with Crippen LogP contribution in [0.2, 0.25) is 0 Å². The Labute approximate surface area is 149 Å². The van der Waals surface area contributed by atoms with E-state index in [0.717, 1.165) is 30.6 Å². The number of hydrogen-bond acceptors (Lipinski definition) is 3. The lowest BCUT2D eigenvalue weighted by Crippen LogP contribution is -2.46. The molecule has 2 aliphatic rings. The topological polar surface area (TPSA) is 81.4 Å². The van der Waals surface area contributed by atoms with E-state index in [2.05, 4.69) is 11.4 Å². The maximum atomic E-state index is 13.1. The average Bonchev–Trinajstić information content (AvgIpc) is 3.20. The second-order valence-corrected chi connectivity index (χ2v) is 7.59. The van der Waals surface area contributed by atoms with Crippen LogP contribution in [0.4, 0.5) is 0 Å². The zero-order valence-electron chi connectivity index (χ0n) is 14.9. The third-order valence-corrected chi connectivity index (χ3v) is 5.97. The van der Waals surface area contributed by atoms with Crippen LogP contribution in [0.25, 0.3) is 0 Å². The van der Waals surface area contributed by atoms with Crippen LogP contribution in [0.5, 0.6) is 5.75 Å². The quantitative estimate of drug-likeness (QED) is 0.711. The van der Waals surface area contributed by atoms with E-state index in [1.165, 1.54) is 12.8 Å². The molecule has 25 heavy (non-hydrogen) atoms. The van der Waals surface area contributed by atoms with Gasteiger partial charge in [0.2, 0.25) is 11.8 Å². The molecule has 3 atom stereocenters. The summed E-state index contributed by atoms with van der Waals surface area (Å²) >= 11 is 0. The van der Waals surface area contributed by atoms with Crippen molar-refractivity contribution in [2.24, 2.45) is 23.0 Å². The Morgan fingerprint density at radius 1 is 1.36 bits per heavy atom. The van der Waals surface area contributed by atoms with Crippen molar-refractivity contribution in [2.75, 3.05) is 13.7 Å². The van der Waals surface area contributed by atoms with Crippen molar-refractivity contribution in [1.82, 2.24) is 5.32 Å². The molecule has 5 nitrogen and oxygen atoms in total. The predicted molar refractivity (Wildman–Crippen MR) is 96.0 cm³/mol. The van der Waals surface area contributed by atoms with Crippen LogP contribution in [0, 0.1) is 17.3 Å². The fourth-order valence-corrected chi connectivity index (χ4v) is 4.81. The summed E-state index contributed by atoms with van der Waals surface area (Å²) < 4.78 is 5.33. The average molecular weight is 344 g/mol. The van der Waals surface area contributed by atoms with Crippen molar-refractivity contribution < 1.29 is 14.3 Å². The first-order valence-corrected chi connectivity index (χ1v) is 9.23. The first kappa shape index (κ1) is 17.8. The minimum absolute atomic E-state index is 0.145. The van der Waals surface area contributed by atoms with Crippen LogP contribution in [0.1, 0.15) is 44.1 Å². The number of ether oxygens (including phenoxy) is 1. The maximum Gasteiger partial charge on any atom is 0.226 e. The molecular formula is C20H28N2O3. The van der Waals surface area contributed by atoms with E-state index < -0.39 is 0 Å². The summed E-state index contributed by atoms with van der Waals surface area (Å²) in [6.07, 6.45) is 6.20. The van der Waals surface area contributed by atoms with Gasteiger partial charge in [0.1, 0.15) is 5.75 Å². The lowest BCUT2D eigenvalue weighted by atomic mass is 9.68. The SMILES string of the molecule is COc1cccc(C[C@]2(C(=O)NCCCC(N)=O)C[C@H]3CC[C@H]2C3)c1. The van der Waals surface area contributed by atoms with Gasteiger partial charge in [0.05, 0.1) is 12.5 Å². The molecule has 1 aromatic rings. The minimum atomic E-state index is -0.319. The molecule has 2 aliphatic carbocycles. The first-order valence-electron chi connectivity index (χ1n) is 9.23. The molecule has 0 aromatic heterocycles. The van der Waals surface area contributed by atoms with Crippen molar-refractivity contribution in [3.8, 4) is 5.75 Å². The van der Waals surface area contributed by atoms with E-state index in [1.54, 1.807) is 7.11 Å². The van der Waals surface area contributed by atoms with E-state index in [-0.39, 0.29) is 17.2 Å². The molecule has 3 rings (SSSR count). The summed E-state index contributed by atoms with van der Waals surface area (Å²) in [5, 5.41) is 3.08. The molecule has 3 N–H and O–H groups in total. The molecule has 2 bridgehead atoms. The second-order valence-electron chi connectivity index (χ2n) is 7.59. The van der Waals surface area contributed by atoms with Gasteiger partial charge in [0.15, 0.2) is 0 Å². The van der Waals surface area contributed by atoms with Crippen LogP contribution in [-0.2, 0) is 16.0 Å². The zero-order valence-corrected chi connectivity index (χ0v) is 14.9. The highest BCUT2D eigenvalue weighted by Gasteiger charge is 2.55. The van der Waals surface area contributed by atoms with Crippen molar-refractivity contribution in [3.05, 3.63) is 29.8 Å². The number of carbonyl (C=O) groups excluding carboxylic acids is 2. The fourth-order valence-electron chi connectivity index (χ4n) is 4.81. The Hall–Kier alpha value is -2.04. The van der Waals surface area contributed by atoms with Gasteiger partial charge in [-0.25, -0.2) is 0 Å². The molecule has 0 spiro atoms. The van der Waals surface area contributed by atoms with Gasteiger partial charge in [-0.15, -0.1) is 0 Å². The monoisotopic (exact) mass is 344 g/mol. The maximum absolute atomic E-state index is 13.1. The summed E-state index contributed by atoms with van der Waals surface area (Å²) in [7, 11) is 1.66. The highest BCUT2D eigenvalue weighted by atomic mass is 16.5. The zero-order chi connectivity index (χ0) is 17.9. The molecule has 2 amide bonds. The molecule has 2 fully saturated rings. The van der Waals surface area contributed by atoms with Gasteiger partial charge in [0.25, 0.3) is 0 Å². The number of methoxy groups -OCH3 is 1. The largest absolute Gasteiger partial charge is 0.497 e. The summed E-state index contributed by atoms with van der Waals surface area (Å²) in [6, 6.07) is 8.03. The van der Waals surface area contributed by atoms with Gasteiger partial charge in [0, 0.05) is 13.0 Å². The number of primary amides is 1.